The summed E-state index contributed by atoms with van der Waals surface area (Å²) in [4.78, 5) is 21.0. The third kappa shape index (κ3) is 7.81. The van der Waals surface area contributed by atoms with Gasteiger partial charge in [-0.05, 0) is 39.2 Å². The second-order valence-electron chi connectivity index (χ2n) is 6.75. The number of halogens is 1. The molecule has 1 heterocycles. The summed E-state index contributed by atoms with van der Waals surface area (Å²) in [6.45, 7) is 11.0. The molecule has 0 spiro atoms. The van der Waals surface area contributed by atoms with Crippen LogP contribution in [0.4, 0.5) is 0 Å². The lowest BCUT2D eigenvalue weighted by molar-refractivity contribution is -0.130. The van der Waals surface area contributed by atoms with E-state index in [9.17, 15) is 4.79 Å². The number of nitrogens with zero attached hydrogens (tertiary/aromatic N) is 3. The van der Waals surface area contributed by atoms with E-state index in [1.165, 1.54) is 11.1 Å². The Balaban J connectivity index is 0.00000392. The van der Waals surface area contributed by atoms with Crippen molar-refractivity contribution in [3.8, 4) is 0 Å². The quantitative estimate of drug-likeness (QED) is 0.351. The van der Waals surface area contributed by atoms with E-state index < -0.39 is 0 Å². The van der Waals surface area contributed by atoms with Gasteiger partial charge in [0.05, 0.1) is 6.54 Å². The fourth-order valence-corrected chi connectivity index (χ4v) is 3.35. The van der Waals surface area contributed by atoms with E-state index >= 15 is 0 Å². The van der Waals surface area contributed by atoms with Crippen LogP contribution in [0, 0.1) is 0 Å². The molecule has 0 aromatic heterocycles. The van der Waals surface area contributed by atoms with Crippen molar-refractivity contribution in [2.45, 2.75) is 40.0 Å². The molecule has 1 aliphatic rings. The second kappa shape index (κ2) is 13.6. The van der Waals surface area contributed by atoms with Gasteiger partial charge in [-0.1, -0.05) is 42.0 Å². The van der Waals surface area contributed by atoms with Gasteiger partial charge in [-0.3, -0.25) is 9.79 Å². The van der Waals surface area contributed by atoms with Gasteiger partial charge in [0.2, 0.25) is 5.91 Å². The van der Waals surface area contributed by atoms with Gasteiger partial charge in [-0.15, -0.1) is 24.0 Å². The van der Waals surface area contributed by atoms with E-state index in [1.807, 2.05) is 18.7 Å². The number of hydrogen-bond acceptors (Lipinski definition) is 2. The first-order chi connectivity index (χ1) is 13.2. The Kier molecular flexibility index (Phi) is 11.9. The third-order valence-electron chi connectivity index (χ3n) is 4.91. The fourth-order valence-electron chi connectivity index (χ4n) is 3.35. The van der Waals surface area contributed by atoms with E-state index in [1.54, 1.807) is 0 Å². The van der Waals surface area contributed by atoms with Gasteiger partial charge in [-0.2, -0.15) is 0 Å². The fraction of sp³-hybridized carbons (Fsp3) is 0.545. The van der Waals surface area contributed by atoms with Crippen LogP contribution >= 0.6 is 24.0 Å². The molecule has 5 nitrogen and oxygen atoms in total. The topological polar surface area (TPSA) is 47.9 Å². The number of amides is 1. The summed E-state index contributed by atoms with van der Waals surface area (Å²) >= 11 is 0. The maximum absolute atomic E-state index is 12.2. The molecule has 1 amide bonds. The molecule has 1 aliphatic heterocycles. The maximum Gasteiger partial charge on any atom is 0.224 e. The molecule has 1 aromatic rings. The number of rotatable bonds is 7. The van der Waals surface area contributed by atoms with Crippen molar-refractivity contribution < 1.29 is 4.79 Å². The number of aliphatic imine (C=N–C) groups is 1. The lowest BCUT2D eigenvalue weighted by Gasteiger charge is -2.31. The van der Waals surface area contributed by atoms with Crippen molar-refractivity contribution in [3.63, 3.8) is 0 Å². The highest BCUT2D eigenvalue weighted by atomic mass is 127. The van der Waals surface area contributed by atoms with Crippen molar-refractivity contribution in [2.75, 3.05) is 39.3 Å². The molecule has 2 rings (SSSR count). The lowest BCUT2D eigenvalue weighted by atomic mass is 10.0. The van der Waals surface area contributed by atoms with E-state index in [2.05, 4.69) is 53.5 Å². The van der Waals surface area contributed by atoms with Crippen molar-refractivity contribution in [1.82, 2.24) is 15.1 Å². The Morgan fingerprint density at radius 1 is 1.14 bits per heavy atom. The van der Waals surface area contributed by atoms with E-state index in [4.69, 9.17) is 4.99 Å². The van der Waals surface area contributed by atoms with Crippen LogP contribution < -0.4 is 5.32 Å². The van der Waals surface area contributed by atoms with Gasteiger partial charge >= 0.3 is 0 Å². The maximum atomic E-state index is 12.2. The summed E-state index contributed by atoms with van der Waals surface area (Å²) < 4.78 is 0. The predicted octanol–water partition coefficient (Wildman–Crippen LogP) is 4.01. The zero-order valence-electron chi connectivity index (χ0n) is 17.5. The first kappa shape index (κ1) is 24.5. The Bertz CT molecular complexity index is 631. The molecule has 0 bridgehead atoms. The SMILES string of the molecule is CCNC(=NCCC(=O)N(CC)CC)N1CCC(=Cc2ccccc2)CC1.I. The Hall–Kier alpha value is -1.57. The zero-order chi connectivity index (χ0) is 19.5. The summed E-state index contributed by atoms with van der Waals surface area (Å²) in [5.74, 6) is 1.12. The molecule has 0 aliphatic carbocycles. The smallest absolute Gasteiger partial charge is 0.224 e. The number of nitrogens with one attached hydrogen (secondary N) is 1. The van der Waals surface area contributed by atoms with Crippen LogP contribution in [-0.2, 0) is 4.79 Å². The normalized spacial score (nSPS) is 14.3. The van der Waals surface area contributed by atoms with Crippen LogP contribution in [0.25, 0.3) is 6.08 Å². The van der Waals surface area contributed by atoms with Crippen LogP contribution in [0.5, 0.6) is 0 Å². The molecule has 0 atom stereocenters. The largest absolute Gasteiger partial charge is 0.357 e. The number of carbonyl (C=O) groups is 1. The monoisotopic (exact) mass is 498 g/mol. The minimum atomic E-state index is 0. The van der Waals surface area contributed by atoms with Crippen LogP contribution in [0.3, 0.4) is 0 Å². The number of benzene rings is 1. The highest BCUT2D eigenvalue weighted by molar-refractivity contribution is 14.0. The summed E-state index contributed by atoms with van der Waals surface area (Å²) in [6.07, 6.45) is 4.89. The first-order valence-electron chi connectivity index (χ1n) is 10.2. The molecule has 0 unspecified atom stereocenters. The zero-order valence-corrected chi connectivity index (χ0v) is 19.8. The van der Waals surface area contributed by atoms with Crippen molar-refractivity contribution in [2.24, 2.45) is 4.99 Å². The lowest BCUT2D eigenvalue weighted by Crippen LogP contribution is -2.44. The Morgan fingerprint density at radius 3 is 2.36 bits per heavy atom. The van der Waals surface area contributed by atoms with Gasteiger partial charge in [0, 0.05) is 39.1 Å². The number of hydrogen-bond donors (Lipinski definition) is 1. The molecule has 0 radical (unpaired) electrons. The molecule has 28 heavy (non-hydrogen) atoms. The van der Waals surface area contributed by atoms with Crippen LogP contribution in [0.15, 0.2) is 40.9 Å². The van der Waals surface area contributed by atoms with E-state index in [0.717, 1.165) is 51.5 Å². The number of carbonyl (C=O) groups excluding carboxylic acids is 1. The highest BCUT2D eigenvalue weighted by Gasteiger charge is 2.17. The van der Waals surface area contributed by atoms with Crippen LogP contribution in [-0.4, -0.2) is 60.9 Å². The molecule has 6 heteroatoms. The number of guanidine groups is 1. The average molecular weight is 498 g/mol. The molecular weight excluding hydrogens is 463 g/mol. The molecule has 1 aromatic carbocycles. The van der Waals surface area contributed by atoms with Gasteiger partial charge in [-0.25, -0.2) is 0 Å². The molecule has 1 fully saturated rings. The molecule has 0 saturated carbocycles. The molecule has 156 valence electrons. The van der Waals surface area contributed by atoms with Gasteiger partial charge < -0.3 is 15.1 Å². The predicted molar refractivity (Wildman–Crippen MR) is 129 cm³/mol. The molecular formula is C22H35IN4O. The Morgan fingerprint density at radius 2 is 1.79 bits per heavy atom. The summed E-state index contributed by atoms with van der Waals surface area (Å²) in [7, 11) is 0. The minimum Gasteiger partial charge on any atom is -0.357 e. The number of likely N-dealkylation sites (tertiary alicyclic amines) is 1. The van der Waals surface area contributed by atoms with Crippen molar-refractivity contribution >= 4 is 41.9 Å². The van der Waals surface area contributed by atoms with Gasteiger partial charge in [0.25, 0.3) is 0 Å². The minimum absolute atomic E-state index is 0. The van der Waals surface area contributed by atoms with Crippen LogP contribution in [0.1, 0.15) is 45.6 Å². The third-order valence-corrected chi connectivity index (χ3v) is 4.91. The van der Waals surface area contributed by atoms with E-state index in [-0.39, 0.29) is 29.9 Å². The molecule has 1 saturated heterocycles. The summed E-state index contributed by atoms with van der Waals surface area (Å²) in [5.41, 5.74) is 2.77. The second-order valence-corrected chi connectivity index (χ2v) is 6.75. The summed E-state index contributed by atoms with van der Waals surface area (Å²) in [6, 6.07) is 10.5. The van der Waals surface area contributed by atoms with E-state index in [0.29, 0.717) is 13.0 Å². The van der Waals surface area contributed by atoms with Gasteiger partial charge in [0.15, 0.2) is 5.96 Å². The van der Waals surface area contributed by atoms with Gasteiger partial charge in [0.1, 0.15) is 0 Å². The molecule has 1 N–H and O–H groups in total. The van der Waals surface area contributed by atoms with Crippen LogP contribution in [0.2, 0.25) is 0 Å². The standard InChI is InChI=1S/C22H34N4O.HI/c1-4-23-22(24-15-12-21(27)25(5-2)6-3)26-16-13-20(14-17-26)18-19-10-8-7-9-11-19;/h7-11,18H,4-6,12-17H2,1-3H3,(H,23,24);1H. The first-order valence-corrected chi connectivity index (χ1v) is 10.2. The average Bonchev–Trinajstić information content (AvgIpc) is 2.70. The highest BCUT2D eigenvalue weighted by Crippen LogP contribution is 2.19. The van der Waals surface area contributed by atoms with Crippen molar-refractivity contribution in [1.29, 1.82) is 0 Å². The van der Waals surface area contributed by atoms with Crippen molar-refractivity contribution in [3.05, 3.63) is 41.5 Å². The number of piperidine rings is 1. The Labute approximate surface area is 187 Å². The summed E-state index contributed by atoms with van der Waals surface area (Å²) in [5, 5.41) is 3.38.